The summed E-state index contributed by atoms with van der Waals surface area (Å²) >= 11 is 6.13. The number of nitrogens with zero attached hydrogens (tertiary/aromatic N) is 1. The fourth-order valence-electron chi connectivity index (χ4n) is 3.33. The first-order valence-electron chi connectivity index (χ1n) is 10.1. The lowest BCUT2D eigenvalue weighted by atomic mass is 10.1. The van der Waals surface area contributed by atoms with Gasteiger partial charge < -0.3 is 26.0 Å². The van der Waals surface area contributed by atoms with Crippen LogP contribution in [0.1, 0.15) is 25.3 Å². The van der Waals surface area contributed by atoms with Gasteiger partial charge in [-0.15, -0.1) is 0 Å². The number of halogens is 1. The van der Waals surface area contributed by atoms with E-state index in [2.05, 4.69) is 15.5 Å². The third-order valence-corrected chi connectivity index (χ3v) is 5.40. The number of rotatable bonds is 7. The highest BCUT2D eigenvalue weighted by Crippen LogP contribution is 2.23. The van der Waals surface area contributed by atoms with Gasteiger partial charge >= 0.3 is 0 Å². The summed E-state index contributed by atoms with van der Waals surface area (Å²) in [6.07, 6.45) is 1.90. The Balaban J connectivity index is 1.47. The maximum atomic E-state index is 12.3. The molecule has 0 saturated carbocycles. The summed E-state index contributed by atoms with van der Waals surface area (Å²) in [6.45, 7) is 3.49. The summed E-state index contributed by atoms with van der Waals surface area (Å²) in [5.74, 6) is 1.06. The summed E-state index contributed by atoms with van der Waals surface area (Å²) < 4.78 is 6.03. The number of nitrogens with one attached hydrogen (secondary N) is 4. The molecular weight excluding hydrogens is 416 g/mol. The summed E-state index contributed by atoms with van der Waals surface area (Å²) in [6, 6.07) is 12.2. The number of likely N-dealkylation sites (tertiary alicyclic amines) is 1. The molecule has 0 unspecified atom stereocenters. The summed E-state index contributed by atoms with van der Waals surface area (Å²) in [7, 11) is 0. The molecule has 2 aromatic rings. The van der Waals surface area contributed by atoms with Crippen LogP contribution < -0.4 is 21.1 Å². The quantitative estimate of drug-likeness (QED) is 0.331. The van der Waals surface area contributed by atoms with Crippen LogP contribution in [0.5, 0.6) is 5.75 Å². The number of ether oxygens (including phenoxy) is 1. The van der Waals surface area contributed by atoms with Gasteiger partial charge in [-0.2, -0.15) is 0 Å². The van der Waals surface area contributed by atoms with E-state index in [1.54, 1.807) is 30.3 Å². The Hall–Kier alpha value is -3.26. The van der Waals surface area contributed by atoms with Crippen LogP contribution in [-0.2, 0) is 4.79 Å². The molecule has 0 bridgehead atoms. The second kappa shape index (κ2) is 10.2. The highest BCUT2D eigenvalue weighted by atomic mass is 35.5. The van der Waals surface area contributed by atoms with Gasteiger partial charge in [0.1, 0.15) is 17.7 Å². The molecule has 0 spiro atoms. The van der Waals surface area contributed by atoms with Crippen molar-refractivity contribution in [2.45, 2.75) is 25.9 Å². The number of amidine groups is 2. The number of nitrogens with two attached hydrogens (primary N) is 1. The van der Waals surface area contributed by atoms with Crippen molar-refractivity contribution < 1.29 is 9.53 Å². The summed E-state index contributed by atoms with van der Waals surface area (Å²) in [5, 5.41) is 21.4. The van der Waals surface area contributed by atoms with Crippen LogP contribution in [0.4, 0.5) is 11.4 Å². The largest absolute Gasteiger partial charge is 0.490 e. The topological polar surface area (TPSA) is 127 Å². The summed E-state index contributed by atoms with van der Waals surface area (Å²) in [4.78, 5) is 14.3. The number of carbonyl (C=O) groups excluding carboxylic acids is 1. The smallest absolute Gasteiger partial charge is 0.243 e. The lowest BCUT2D eigenvalue weighted by Crippen LogP contribution is -2.40. The number of piperidine rings is 1. The molecular formula is C22H27ClN6O2. The highest BCUT2D eigenvalue weighted by molar-refractivity contribution is 6.33. The average Bonchev–Trinajstić information content (AvgIpc) is 2.75. The van der Waals surface area contributed by atoms with E-state index in [0.717, 1.165) is 31.7 Å². The maximum absolute atomic E-state index is 12.3. The second-order valence-corrected chi connectivity index (χ2v) is 7.83. The second-order valence-electron chi connectivity index (χ2n) is 7.42. The van der Waals surface area contributed by atoms with Crippen LogP contribution in [0.25, 0.3) is 0 Å². The molecule has 2 aromatic carbocycles. The standard InChI is InChI=1S/C22H27ClN6O2/c1-14(24)29-10-8-18(9-11-29)31-17-5-3-16(4-6-17)28-21(30)13-27-20-12-15(22(25)26)2-7-19(20)23/h2-7,12,18,24,27H,8-11,13H2,1H3,(H3,25,26)(H,28,30). The van der Waals surface area contributed by atoms with Crippen LogP contribution in [0.15, 0.2) is 42.5 Å². The molecule has 0 aromatic heterocycles. The zero-order chi connectivity index (χ0) is 22.4. The molecule has 1 aliphatic rings. The number of hydrogen-bond acceptors (Lipinski definition) is 5. The van der Waals surface area contributed by atoms with Crippen molar-refractivity contribution in [1.29, 1.82) is 10.8 Å². The Labute approximate surface area is 186 Å². The monoisotopic (exact) mass is 442 g/mol. The van der Waals surface area contributed by atoms with E-state index in [0.29, 0.717) is 27.8 Å². The Morgan fingerprint density at radius 1 is 1.19 bits per heavy atom. The van der Waals surface area contributed by atoms with Crippen LogP contribution >= 0.6 is 11.6 Å². The minimum absolute atomic E-state index is 0.0182. The van der Waals surface area contributed by atoms with Crippen molar-refractivity contribution in [1.82, 2.24) is 4.90 Å². The fourth-order valence-corrected chi connectivity index (χ4v) is 3.51. The number of amides is 1. The predicted molar refractivity (Wildman–Crippen MR) is 125 cm³/mol. The summed E-state index contributed by atoms with van der Waals surface area (Å²) in [5.41, 5.74) is 7.22. The van der Waals surface area contributed by atoms with Gasteiger partial charge in [0.05, 0.1) is 23.1 Å². The third kappa shape index (κ3) is 6.36. The molecule has 1 fully saturated rings. The van der Waals surface area contributed by atoms with Crippen LogP contribution in [-0.4, -0.2) is 48.2 Å². The Morgan fingerprint density at radius 2 is 1.87 bits per heavy atom. The minimum Gasteiger partial charge on any atom is -0.490 e. The average molecular weight is 443 g/mol. The number of benzene rings is 2. The van der Waals surface area contributed by atoms with E-state index in [1.165, 1.54) is 0 Å². The fraction of sp³-hybridized carbons (Fsp3) is 0.318. The first kappa shape index (κ1) is 22.4. The van der Waals surface area contributed by atoms with Crippen molar-refractivity contribution in [3.63, 3.8) is 0 Å². The van der Waals surface area contributed by atoms with Crippen LogP contribution in [0, 0.1) is 10.8 Å². The molecule has 0 atom stereocenters. The van der Waals surface area contributed by atoms with Crippen molar-refractivity contribution >= 4 is 40.6 Å². The van der Waals surface area contributed by atoms with Gasteiger partial charge in [0.25, 0.3) is 0 Å². The normalized spacial score (nSPS) is 14.1. The Kier molecular flexibility index (Phi) is 7.36. The number of carbonyl (C=O) groups is 1. The molecule has 1 saturated heterocycles. The zero-order valence-corrected chi connectivity index (χ0v) is 18.1. The number of anilines is 2. The predicted octanol–water partition coefficient (Wildman–Crippen LogP) is 3.52. The molecule has 164 valence electrons. The molecule has 9 heteroatoms. The third-order valence-electron chi connectivity index (χ3n) is 5.07. The van der Waals surface area contributed by atoms with E-state index in [1.807, 2.05) is 19.1 Å². The van der Waals surface area contributed by atoms with Crippen molar-refractivity contribution in [2.75, 3.05) is 30.3 Å². The first-order chi connectivity index (χ1) is 14.8. The molecule has 1 aliphatic heterocycles. The SMILES string of the molecule is CC(=N)N1CCC(Oc2ccc(NC(=O)CNc3cc(C(=N)N)ccc3Cl)cc2)CC1. The lowest BCUT2D eigenvalue weighted by Gasteiger charge is -2.32. The molecule has 3 rings (SSSR count). The molecule has 8 nitrogen and oxygen atoms in total. The van der Waals surface area contributed by atoms with E-state index in [4.69, 9.17) is 32.9 Å². The van der Waals surface area contributed by atoms with Crippen molar-refractivity contribution in [3.05, 3.63) is 53.1 Å². The molecule has 1 heterocycles. The number of hydrogen-bond donors (Lipinski definition) is 5. The lowest BCUT2D eigenvalue weighted by molar-refractivity contribution is -0.114. The highest BCUT2D eigenvalue weighted by Gasteiger charge is 2.20. The Morgan fingerprint density at radius 3 is 2.48 bits per heavy atom. The Bertz CT molecular complexity index is 955. The van der Waals surface area contributed by atoms with E-state index < -0.39 is 0 Å². The maximum Gasteiger partial charge on any atom is 0.243 e. The van der Waals surface area contributed by atoms with Crippen LogP contribution in [0.3, 0.4) is 0 Å². The van der Waals surface area contributed by atoms with Crippen LogP contribution in [0.2, 0.25) is 5.02 Å². The van der Waals surface area contributed by atoms with Crippen molar-refractivity contribution in [3.8, 4) is 5.75 Å². The van der Waals surface area contributed by atoms with Gasteiger partial charge in [-0.1, -0.05) is 11.6 Å². The van der Waals surface area contributed by atoms with Crippen molar-refractivity contribution in [2.24, 2.45) is 5.73 Å². The van der Waals surface area contributed by atoms with Gasteiger partial charge in [-0.05, 0) is 49.4 Å². The number of nitrogen functional groups attached to an aromatic ring is 1. The van der Waals surface area contributed by atoms with Gasteiger partial charge in [0.15, 0.2) is 0 Å². The van der Waals surface area contributed by atoms with Gasteiger partial charge in [-0.3, -0.25) is 15.6 Å². The van der Waals surface area contributed by atoms with E-state index in [-0.39, 0.29) is 24.4 Å². The molecule has 6 N–H and O–H groups in total. The molecule has 1 amide bonds. The molecule has 0 radical (unpaired) electrons. The molecule has 0 aliphatic carbocycles. The molecule has 31 heavy (non-hydrogen) atoms. The van der Waals surface area contributed by atoms with Gasteiger partial charge in [0, 0.05) is 37.2 Å². The first-order valence-corrected chi connectivity index (χ1v) is 10.4. The van der Waals surface area contributed by atoms with Gasteiger partial charge in [-0.25, -0.2) is 0 Å². The zero-order valence-electron chi connectivity index (χ0n) is 17.4. The van der Waals surface area contributed by atoms with E-state index in [9.17, 15) is 4.79 Å². The van der Waals surface area contributed by atoms with Gasteiger partial charge in [0.2, 0.25) is 5.91 Å². The minimum atomic E-state index is -0.229. The van der Waals surface area contributed by atoms with E-state index >= 15 is 0 Å².